The lowest BCUT2D eigenvalue weighted by Crippen LogP contribution is -1.85. The molecule has 0 aliphatic heterocycles. The molecule has 3 rings (SSSR count). The fourth-order valence-electron chi connectivity index (χ4n) is 2.27. The van der Waals surface area contributed by atoms with Gasteiger partial charge in [0.1, 0.15) is 0 Å². The predicted molar refractivity (Wildman–Crippen MR) is 78.8 cm³/mol. The Morgan fingerprint density at radius 2 is 2.00 bits per heavy atom. The summed E-state index contributed by atoms with van der Waals surface area (Å²) >= 11 is 1.67. The molecule has 0 aliphatic carbocycles. The van der Waals surface area contributed by atoms with Crippen LogP contribution in [0.15, 0.2) is 42.7 Å². The predicted octanol–water partition coefficient (Wildman–Crippen LogP) is 4.11. The molecule has 90 valence electrons. The van der Waals surface area contributed by atoms with Crippen molar-refractivity contribution in [3.63, 3.8) is 0 Å². The number of nitrogens with two attached hydrogens (primary N) is 1. The molecule has 0 fully saturated rings. The molecule has 2 aromatic heterocycles. The van der Waals surface area contributed by atoms with Crippen LogP contribution in [-0.2, 0) is 6.42 Å². The average Bonchev–Trinajstić information content (AvgIpc) is 2.79. The lowest BCUT2D eigenvalue weighted by Gasteiger charge is -2.06. The zero-order chi connectivity index (χ0) is 12.5. The molecule has 0 saturated carbocycles. The van der Waals surface area contributed by atoms with Gasteiger partial charge in [0.2, 0.25) is 0 Å². The first-order chi connectivity index (χ1) is 8.79. The van der Waals surface area contributed by atoms with Gasteiger partial charge in [0.15, 0.2) is 0 Å². The van der Waals surface area contributed by atoms with Gasteiger partial charge >= 0.3 is 0 Å². The van der Waals surface area contributed by atoms with Crippen LogP contribution in [0.2, 0.25) is 0 Å². The molecule has 0 saturated heterocycles. The van der Waals surface area contributed by atoms with E-state index in [9.17, 15) is 0 Å². The molecule has 0 atom stereocenters. The van der Waals surface area contributed by atoms with Gasteiger partial charge in [-0.2, -0.15) is 0 Å². The maximum atomic E-state index is 5.93. The zero-order valence-electron chi connectivity index (χ0n) is 10.2. The van der Waals surface area contributed by atoms with Gasteiger partial charge in [-0.3, -0.25) is 4.98 Å². The Morgan fingerprint density at radius 3 is 2.83 bits per heavy atom. The highest BCUT2D eigenvalue weighted by Crippen LogP contribution is 2.36. The van der Waals surface area contributed by atoms with E-state index in [0.717, 1.165) is 11.4 Å². The maximum absolute atomic E-state index is 5.93. The summed E-state index contributed by atoms with van der Waals surface area (Å²) in [6.07, 6.45) is 4.84. The second-order valence-corrected chi connectivity index (χ2v) is 5.42. The van der Waals surface area contributed by atoms with Gasteiger partial charge in [-0.15, -0.1) is 11.3 Å². The third kappa shape index (κ3) is 1.77. The van der Waals surface area contributed by atoms with Crippen molar-refractivity contribution in [1.82, 2.24) is 4.98 Å². The molecule has 2 N–H and O–H groups in total. The third-order valence-electron chi connectivity index (χ3n) is 3.11. The lowest BCUT2D eigenvalue weighted by molar-refractivity contribution is 1.19. The highest BCUT2D eigenvalue weighted by atomic mass is 32.1. The van der Waals surface area contributed by atoms with Crippen molar-refractivity contribution in [2.45, 2.75) is 13.3 Å². The number of hydrogen-bond donors (Lipinski definition) is 1. The summed E-state index contributed by atoms with van der Waals surface area (Å²) < 4.78 is 0. The minimum Gasteiger partial charge on any atom is -0.391 e. The Hall–Kier alpha value is -1.87. The van der Waals surface area contributed by atoms with E-state index in [0.29, 0.717) is 0 Å². The Labute approximate surface area is 110 Å². The van der Waals surface area contributed by atoms with Gasteiger partial charge in [-0.05, 0) is 23.4 Å². The third-order valence-corrected chi connectivity index (χ3v) is 4.22. The van der Waals surface area contributed by atoms with Crippen molar-refractivity contribution in [3.05, 3.63) is 47.6 Å². The van der Waals surface area contributed by atoms with Crippen LogP contribution in [0.3, 0.4) is 0 Å². The molecule has 3 heteroatoms. The highest BCUT2D eigenvalue weighted by Gasteiger charge is 2.11. The Morgan fingerprint density at radius 1 is 1.17 bits per heavy atom. The van der Waals surface area contributed by atoms with Crippen LogP contribution in [0.5, 0.6) is 0 Å². The summed E-state index contributed by atoms with van der Waals surface area (Å²) in [7, 11) is 0. The van der Waals surface area contributed by atoms with Crippen molar-refractivity contribution in [1.29, 1.82) is 0 Å². The number of pyridine rings is 1. The number of hydrogen-bond acceptors (Lipinski definition) is 3. The van der Waals surface area contributed by atoms with Crippen molar-refractivity contribution in [2.24, 2.45) is 0 Å². The van der Waals surface area contributed by atoms with Crippen LogP contribution in [0.25, 0.3) is 21.9 Å². The largest absolute Gasteiger partial charge is 0.391 e. The highest BCUT2D eigenvalue weighted by molar-refractivity contribution is 7.16. The van der Waals surface area contributed by atoms with Crippen LogP contribution >= 0.6 is 11.3 Å². The molecule has 3 aromatic rings. The van der Waals surface area contributed by atoms with Crippen molar-refractivity contribution < 1.29 is 0 Å². The van der Waals surface area contributed by atoms with Gasteiger partial charge < -0.3 is 5.73 Å². The summed E-state index contributed by atoms with van der Waals surface area (Å²) in [6, 6.07) is 10.4. The maximum Gasteiger partial charge on any atom is 0.0865 e. The second kappa shape index (κ2) is 4.42. The van der Waals surface area contributed by atoms with E-state index in [4.69, 9.17) is 5.73 Å². The molecule has 2 heterocycles. The monoisotopic (exact) mass is 254 g/mol. The zero-order valence-corrected chi connectivity index (χ0v) is 11.0. The quantitative estimate of drug-likeness (QED) is 0.747. The first kappa shape index (κ1) is 11.2. The Balaban J connectivity index is 2.31. The van der Waals surface area contributed by atoms with Crippen molar-refractivity contribution in [3.8, 4) is 11.1 Å². The molecule has 0 bridgehead atoms. The van der Waals surface area contributed by atoms with Crippen LogP contribution in [0.4, 0.5) is 5.00 Å². The topological polar surface area (TPSA) is 38.9 Å². The van der Waals surface area contributed by atoms with E-state index < -0.39 is 0 Å². The minimum atomic E-state index is 0.870. The first-order valence-electron chi connectivity index (χ1n) is 6.01. The number of nitrogens with zero attached hydrogens (tertiary/aromatic N) is 1. The first-order valence-corrected chi connectivity index (χ1v) is 6.82. The standard InChI is InChI=1S/C15H14N2S/c1-2-14-12(7-15(16)18-14)13-9-17-8-10-5-3-4-6-11(10)13/h3-9H,2,16H2,1H3. The van der Waals surface area contributed by atoms with Gasteiger partial charge in [0.05, 0.1) is 5.00 Å². The molecule has 1 aromatic carbocycles. The Kier molecular flexibility index (Phi) is 2.76. The molecular formula is C15H14N2S. The number of aryl methyl sites for hydroxylation is 1. The normalized spacial score (nSPS) is 10.9. The molecular weight excluding hydrogens is 240 g/mol. The molecule has 0 amide bonds. The van der Waals surface area contributed by atoms with E-state index in [1.54, 1.807) is 11.3 Å². The Bertz CT molecular complexity index is 695. The van der Waals surface area contributed by atoms with Crippen molar-refractivity contribution in [2.75, 3.05) is 5.73 Å². The van der Waals surface area contributed by atoms with Gasteiger partial charge in [-0.25, -0.2) is 0 Å². The van der Waals surface area contributed by atoms with E-state index in [1.165, 1.54) is 26.8 Å². The van der Waals surface area contributed by atoms with Crippen LogP contribution in [-0.4, -0.2) is 4.98 Å². The lowest BCUT2D eigenvalue weighted by atomic mass is 10.0. The molecule has 0 radical (unpaired) electrons. The summed E-state index contributed by atoms with van der Waals surface area (Å²) in [5, 5.41) is 3.27. The fourth-order valence-corrected chi connectivity index (χ4v) is 3.16. The summed E-state index contributed by atoms with van der Waals surface area (Å²) in [5.41, 5.74) is 8.34. The molecule has 0 unspecified atom stereocenters. The van der Waals surface area contributed by atoms with Crippen molar-refractivity contribution >= 4 is 27.1 Å². The van der Waals surface area contributed by atoms with Crippen LogP contribution in [0, 0.1) is 0 Å². The summed E-state index contributed by atoms with van der Waals surface area (Å²) in [5.74, 6) is 0. The minimum absolute atomic E-state index is 0.870. The summed E-state index contributed by atoms with van der Waals surface area (Å²) in [6.45, 7) is 2.16. The smallest absolute Gasteiger partial charge is 0.0865 e. The number of fused-ring (bicyclic) bond motifs is 1. The van der Waals surface area contributed by atoms with E-state index >= 15 is 0 Å². The fraction of sp³-hybridized carbons (Fsp3) is 0.133. The van der Waals surface area contributed by atoms with Gasteiger partial charge in [0.25, 0.3) is 0 Å². The summed E-state index contributed by atoms with van der Waals surface area (Å²) in [4.78, 5) is 5.66. The van der Waals surface area contributed by atoms with E-state index in [-0.39, 0.29) is 0 Å². The molecule has 2 nitrogen and oxygen atoms in total. The number of aromatic nitrogens is 1. The SMILES string of the molecule is CCc1sc(N)cc1-c1cncc2ccccc12. The van der Waals surface area contributed by atoms with Crippen LogP contribution < -0.4 is 5.73 Å². The number of benzene rings is 1. The molecule has 18 heavy (non-hydrogen) atoms. The second-order valence-electron chi connectivity index (χ2n) is 4.25. The van der Waals surface area contributed by atoms with Gasteiger partial charge in [-0.1, -0.05) is 31.2 Å². The van der Waals surface area contributed by atoms with Crippen LogP contribution in [0.1, 0.15) is 11.8 Å². The number of thiophene rings is 1. The molecule has 0 spiro atoms. The van der Waals surface area contributed by atoms with Gasteiger partial charge in [0, 0.05) is 28.2 Å². The van der Waals surface area contributed by atoms with E-state index in [2.05, 4.69) is 36.2 Å². The number of nitrogen functional groups attached to an aromatic ring is 1. The molecule has 0 aliphatic rings. The van der Waals surface area contributed by atoms with E-state index in [1.807, 2.05) is 18.5 Å². The number of anilines is 1. The average molecular weight is 254 g/mol. The number of rotatable bonds is 2.